The summed E-state index contributed by atoms with van der Waals surface area (Å²) in [6, 6.07) is 0. The maximum absolute atomic E-state index is 9.84. The molecule has 0 bridgehead atoms. The van der Waals surface area contributed by atoms with Crippen LogP contribution in [-0.4, -0.2) is 44.4 Å². The fraction of sp³-hybridized carbons (Fsp3) is 0.818. The molecule has 0 saturated heterocycles. The number of unbranched alkanes of at least 4 members (excludes halogenated alkanes) is 2. The normalized spacial score (nSPS) is 10.6. The van der Waals surface area contributed by atoms with Crippen LogP contribution >= 0.6 is 0 Å². The molecule has 0 heterocycles. The highest BCUT2D eigenvalue weighted by atomic mass is 16.1. The second-order valence-electron chi connectivity index (χ2n) is 3.76. The monoisotopic (exact) mass is 227 g/mol. The maximum atomic E-state index is 9.84. The minimum Gasteiger partial charge on any atom is -0.312 e. The Balaban J connectivity index is 0. The summed E-state index contributed by atoms with van der Waals surface area (Å²) in [6.07, 6.45) is 5.88. The van der Waals surface area contributed by atoms with Crippen LogP contribution in [0.1, 0.15) is 32.6 Å². The predicted octanol–water partition coefficient (Wildman–Crippen LogP) is 1.74. The lowest BCUT2D eigenvalue weighted by molar-refractivity contribution is 0.505. The molecule has 5 heteroatoms. The largest absolute Gasteiger partial charge is 0.312 e. The molecule has 16 heavy (non-hydrogen) atoms. The summed E-state index contributed by atoms with van der Waals surface area (Å²) in [4.78, 5) is 28.4. The summed E-state index contributed by atoms with van der Waals surface area (Å²) in [5.41, 5.74) is 0. The zero-order valence-corrected chi connectivity index (χ0v) is 10.6. The van der Waals surface area contributed by atoms with E-state index in [1.165, 1.54) is 12.2 Å². The van der Waals surface area contributed by atoms with Gasteiger partial charge < -0.3 is 4.90 Å². The van der Waals surface area contributed by atoms with Gasteiger partial charge in [-0.15, -0.1) is 0 Å². The first-order valence-corrected chi connectivity index (χ1v) is 5.33. The molecule has 0 spiro atoms. The molecule has 0 aliphatic carbocycles. The van der Waals surface area contributed by atoms with Gasteiger partial charge in [-0.25, -0.2) is 9.59 Å². The molecule has 0 aromatic heterocycles. The zero-order chi connectivity index (χ0) is 12.8. The van der Waals surface area contributed by atoms with Gasteiger partial charge in [0, 0.05) is 0 Å². The van der Waals surface area contributed by atoms with Crippen molar-refractivity contribution in [3.63, 3.8) is 0 Å². The topological polar surface area (TPSA) is 62.1 Å². The Kier molecular flexibility index (Phi) is 14.7. The molecule has 5 nitrogen and oxygen atoms in total. The molecule has 0 N–H and O–H groups in total. The molecule has 0 unspecified atom stereocenters. The first-order chi connectivity index (χ1) is 7.58. The van der Waals surface area contributed by atoms with E-state index in [1.807, 2.05) is 26.0 Å². The Hall–Kier alpha value is -1.28. The van der Waals surface area contributed by atoms with Gasteiger partial charge in [-0.1, -0.05) is 19.8 Å². The van der Waals surface area contributed by atoms with Crippen molar-refractivity contribution in [1.82, 2.24) is 4.90 Å². The molecule has 0 aliphatic rings. The number of nitrogens with zero attached hydrogens (tertiary/aromatic N) is 3. The predicted molar refractivity (Wildman–Crippen MR) is 63.8 cm³/mol. The molecule has 0 fully saturated rings. The van der Waals surface area contributed by atoms with Gasteiger partial charge in [-0.3, -0.25) is 0 Å². The van der Waals surface area contributed by atoms with Crippen LogP contribution in [-0.2, 0) is 9.59 Å². The smallest absolute Gasteiger partial charge is 0.237 e. The van der Waals surface area contributed by atoms with Crippen LogP contribution < -0.4 is 0 Å². The fourth-order valence-corrected chi connectivity index (χ4v) is 0.857. The van der Waals surface area contributed by atoms with Crippen LogP contribution in [0.4, 0.5) is 0 Å². The molecular weight excluding hydrogens is 206 g/mol. The van der Waals surface area contributed by atoms with E-state index < -0.39 is 6.17 Å². The van der Waals surface area contributed by atoms with Crippen molar-refractivity contribution in [2.45, 2.75) is 38.8 Å². The van der Waals surface area contributed by atoms with Crippen molar-refractivity contribution in [3.8, 4) is 0 Å². The third-order valence-corrected chi connectivity index (χ3v) is 1.47. The Morgan fingerprint density at radius 3 is 1.81 bits per heavy atom. The lowest BCUT2D eigenvalue weighted by atomic mass is 10.2. The molecule has 0 atom stereocenters. The molecule has 0 rings (SSSR count). The van der Waals surface area contributed by atoms with Gasteiger partial charge in [0.2, 0.25) is 12.2 Å². The minimum atomic E-state index is -0.563. The first kappa shape index (κ1) is 17.1. The quantitative estimate of drug-likeness (QED) is 0.394. The van der Waals surface area contributed by atoms with Crippen molar-refractivity contribution in [3.05, 3.63) is 0 Å². The zero-order valence-electron chi connectivity index (χ0n) is 10.6. The second kappa shape index (κ2) is 13.7. The van der Waals surface area contributed by atoms with Gasteiger partial charge in [0.25, 0.3) is 0 Å². The van der Waals surface area contributed by atoms with Crippen molar-refractivity contribution in [2.75, 3.05) is 21.1 Å². The van der Waals surface area contributed by atoms with E-state index in [1.54, 1.807) is 0 Å². The van der Waals surface area contributed by atoms with E-state index >= 15 is 0 Å². The van der Waals surface area contributed by atoms with Gasteiger partial charge in [0.05, 0.1) is 0 Å². The van der Waals surface area contributed by atoms with Crippen molar-refractivity contribution in [2.24, 2.45) is 9.98 Å². The average Bonchev–Trinajstić information content (AvgIpc) is 2.18. The van der Waals surface area contributed by atoms with Crippen LogP contribution in [0.5, 0.6) is 0 Å². The second-order valence-corrected chi connectivity index (χ2v) is 3.76. The summed E-state index contributed by atoms with van der Waals surface area (Å²) in [7, 11) is 6.00. The Bertz CT molecular complexity index is 221. The van der Waals surface area contributed by atoms with E-state index in [9.17, 15) is 9.59 Å². The van der Waals surface area contributed by atoms with Crippen LogP contribution in [0.15, 0.2) is 9.98 Å². The number of hydrogen-bond acceptors (Lipinski definition) is 5. The maximum Gasteiger partial charge on any atom is 0.237 e. The van der Waals surface area contributed by atoms with E-state index in [0.717, 1.165) is 19.3 Å². The third-order valence-electron chi connectivity index (χ3n) is 1.47. The fourth-order valence-electron chi connectivity index (χ4n) is 0.857. The number of aliphatic imine (C=N–C) groups is 2. The summed E-state index contributed by atoms with van der Waals surface area (Å²) >= 11 is 0. The van der Waals surface area contributed by atoms with Crippen LogP contribution in [0, 0.1) is 0 Å². The van der Waals surface area contributed by atoms with Gasteiger partial charge >= 0.3 is 0 Å². The third kappa shape index (κ3) is 18.5. The van der Waals surface area contributed by atoms with Crippen molar-refractivity contribution in [1.29, 1.82) is 0 Å². The van der Waals surface area contributed by atoms with E-state index in [0.29, 0.717) is 6.42 Å². The SMILES string of the molecule is CCCCCC(N=C=O)N=C=O.CN(C)C. The van der Waals surface area contributed by atoms with E-state index in [2.05, 4.69) is 16.9 Å². The molecular formula is C11H21N3O2. The Morgan fingerprint density at radius 2 is 1.50 bits per heavy atom. The van der Waals surface area contributed by atoms with Crippen molar-refractivity contribution >= 4 is 12.2 Å². The molecule has 0 saturated carbocycles. The molecule has 0 amide bonds. The van der Waals surface area contributed by atoms with Gasteiger partial charge in [0.15, 0.2) is 6.17 Å². The van der Waals surface area contributed by atoms with Crippen LogP contribution in [0.2, 0.25) is 0 Å². The Labute approximate surface area is 97.3 Å². The lowest BCUT2D eigenvalue weighted by Crippen LogP contribution is -1.99. The molecule has 0 aromatic carbocycles. The number of isocyanates is 2. The highest BCUT2D eigenvalue weighted by molar-refractivity contribution is 5.36. The number of carbonyl (C=O) groups excluding carboxylic acids is 2. The van der Waals surface area contributed by atoms with Crippen LogP contribution in [0.25, 0.3) is 0 Å². The summed E-state index contributed by atoms with van der Waals surface area (Å²) in [5.74, 6) is 0. The van der Waals surface area contributed by atoms with Gasteiger partial charge in [-0.05, 0) is 34.0 Å². The first-order valence-electron chi connectivity index (χ1n) is 5.33. The summed E-state index contributed by atoms with van der Waals surface area (Å²) in [5, 5.41) is 0. The van der Waals surface area contributed by atoms with Gasteiger partial charge in [0.1, 0.15) is 0 Å². The highest BCUT2D eigenvalue weighted by Gasteiger charge is 2.02. The summed E-state index contributed by atoms with van der Waals surface area (Å²) < 4.78 is 0. The lowest BCUT2D eigenvalue weighted by Gasteiger charge is -2.00. The standard InChI is InChI=1S/C8H12N2O2.C3H9N/c1-2-3-4-5-8(9-6-11)10-7-12;1-4(2)3/h8H,2-5H2,1H3;1-3H3. The molecule has 0 aliphatic heterocycles. The van der Waals surface area contributed by atoms with Crippen molar-refractivity contribution < 1.29 is 9.59 Å². The minimum absolute atomic E-state index is 0.563. The number of rotatable bonds is 6. The Morgan fingerprint density at radius 1 is 1.06 bits per heavy atom. The highest BCUT2D eigenvalue weighted by Crippen LogP contribution is 2.06. The molecule has 0 radical (unpaired) electrons. The molecule has 92 valence electrons. The average molecular weight is 227 g/mol. The summed E-state index contributed by atoms with van der Waals surface area (Å²) in [6.45, 7) is 2.07. The van der Waals surface area contributed by atoms with Crippen LogP contribution in [0.3, 0.4) is 0 Å². The molecule has 0 aromatic rings. The van der Waals surface area contributed by atoms with E-state index in [4.69, 9.17) is 0 Å². The van der Waals surface area contributed by atoms with Gasteiger partial charge in [-0.2, -0.15) is 9.98 Å². The van der Waals surface area contributed by atoms with E-state index in [-0.39, 0.29) is 0 Å². The number of hydrogen-bond donors (Lipinski definition) is 0.